The van der Waals surface area contributed by atoms with Gasteiger partial charge < -0.3 is 10.4 Å². The van der Waals surface area contributed by atoms with Crippen LogP contribution in [0.1, 0.15) is 41.8 Å². The van der Waals surface area contributed by atoms with Crippen LogP contribution >= 0.6 is 34.5 Å². The Hall–Kier alpha value is -1.30. The lowest BCUT2D eigenvalue weighted by Gasteiger charge is -2.04. The lowest BCUT2D eigenvalue weighted by molar-refractivity contribution is -0.137. The van der Waals surface area contributed by atoms with Crippen LogP contribution in [0, 0.1) is 0 Å². The van der Waals surface area contributed by atoms with Crippen LogP contribution in [0.25, 0.3) is 10.1 Å². The van der Waals surface area contributed by atoms with Crippen molar-refractivity contribution < 1.29 is 14.7 Å². The third-order valence-corrected chi connectivity index (χ3v) is 5.29. The summed E-state index contributed by atoms with van der Waals surface area (Å²) >= 11 is 13.5. The molecule has 7 heteroatoms. The molecular weight excluding hydrogens is 357 g/mol. The third-order valence-electron chi connectivity index (χ3n) is 3.40. The van der Waals surface area contributed by atoms with E-state index in [1.54, 1.807) is 12.1 Å². The zero-order chi connectivity index (χ0) is 16.8. The molecule has 0 unspecified atom stereocenters. The van der Waals surface area contributed by atoms with Gasteiger partial charge in [-0.15, -0.1) is 11.3 Å². The number of halogens is 2. The number of nitrogens with one attached hydrogen (secondary N) is 1. The summed E-state index contributed by atoms with van der Waals surface area (Å²) in [6.45, 7) is 0.553. The lowest BCUT2D eigenvalue weighted by atomic mass is 10.1. The maximum Gasteiger partial charge on any atom is 0.303 e. The molecule has 0 atom stereocenters. The predicted octanol–water partition coefficient (Wildman–Crippen LogP) is 4.97. The van der Waals surface area contributed by atoms with E-state index in [-0.39, 0.29) is 12.3 Å². The average molecular weight is 374 g/mol. The van der Waals surface area contributed by atoms with E-state index in [1.807, 2.05) is 6.07 Å². The number of carboxylic acids is 1. The number of hydrogen-bond acceptors (Lipinski definition) is 3. The number of hydrogen-bond donors (Lipinski definition) is 2. The third kappa shape index (κ3) is 5.09. The smallest absolute Gasteiger partial charge is 0.303 e. The topological polar surface area (TPSA) is 66.4 Å². The number of unbranched alkanes of at least 4 members (excludes halogenated alkanes) is 3. The van der Waals surface area contributed by atoms with Gasteiger partial charge in [0.15, 0.2) is 0 Å². The number of fused-ring (bicyclic) bond motifs is 1. The highest BCUT2D eigenvalue weighted by atomic mass is 35.5. The van der Waals surface area contributed by atoms with Crippen LogP contribution in [0.2, 0.25) is 10.0 Å². The Morgan fingerprint density at radius 3 is 2.61 bits per heavy atom. The van der Waals surface area contributed by atoms with E-state index in [9.17, 15) is 9.59 Å². The molecule has 2 N–H and O–H groups in total. The molecule has 0 aliphatic rings. The number of aliphatic carboxylic acids is 1. The Bertz CT molecular complexity index is 715. The predicted molar refractivity (Wildman–Crippen MR) is 94.9 cm³/mol. The maximum absolute atomic E-state index is 12.2. The molecule has 23 heavy (non-hydrogen) atoms. The molecular formula is C16H17Cl2NO3S. The van der Waals surface area contributed by atoms with Crippen LogP contribution in [0.5, 0.6) is 0 Å². The van der Waals surface area contributed by atoms with Crippen molar-refractivity contribution in [2.45, 2.75) is 32.1 Å². The van der Waals surface area contributed by atoms with Gasteiger partial charge in [0.2, 0.25) is 0 Å². The number of carbonyl (C=O) groups excluding carboxylic acids is 1. The number of rotatable bonds is 8. The Morgan fingerprint density at radius 2 is 1.87 bits per heavy atom. The first kappa shape index (κ1) is 18.0. The first-order valence-electron chi connectivity index (χ1n) is 7.36. The molecule has 1 aromatic heterocycles. The minimum Gasteiger partial charge on any atom is -0.481 e. The van der Waals surface area contributed by atoms with Gasteiger partial charge in [-0.3, -0.25) is 9.59 Å². The van der Waals surface area contributed by atoms with E-state index < -0.39 is 5.97 Å². The molecule has 0 aliphatic heterocycles. The van der Waals surface area contributed by atoms with E-state index in [0.29, 0.717) is 27.9 Å². The van der Waals surface area contributed by atoms with Crippen LogP contribution in [0.3, 0.4) is 0 Å². The number of benzene rings is 1. The normalized spacial score (nSPS) is 10.9. The average Bonchev–Trinajstić information content (AvgIpc) is 2.82. The van der Waals surface area contributed by atoms with Crippen LogP contribution < -0.4 is 5.32 Å². The first-order chi connectivity index (χ1) is 11.0. The van der Waals surface area contributed by atoms with Gasteiger partial charge in [-0.1, -0.05) is 42.1 Å². The minimum atomic E-state index is -0.766. The lowest BCUT2D eigenvalue weighted by Crippen LogP contribution is -2.23. The second kappa shape index (κ2) is 8.52. The quantitative estimate of drug-likeness (QED) is 0.641. The van der Waals surface area contributed by atoms with Crippen molar-refractivity contribution in [1.82, 2.24) is 5.32 Å². The van der Waals surface area contributed by atoms with E-state index in [0.717, 1.165) is 29.3 Å². The highest BCUT2D eigenvalue weighted by Crippen LogP contribution is 2.36. The van der Waals surface area contributed by atoms with Gasteiger partial charge in [-0.2, -0.15) is 0 Å². The van der Waals surface area contributed by atoms with Gasteiger partial charge in [0, 0.05) is 28.1 Å². The molecule has 2 rings (SSSR count). The molecule has 0 bridgehead atoms. The molecule has 124 valence electrons. The number of carboxylic acid groups (broad SMARTS) is 1. The molecule has 0 radical (unpaired) electrons. The fourth-order valence-corrected chi connectivity index (χ4v) is 3.93. The first-order valence-corrected chi connectivity index (χ1v) is 8.94. The maximum atomic E-state index is 12.2. The molecule has 0 fully saturated rings. The highest BCUT2D eigenvalue weighted by molar-refractivity contribution is 7.21. The molecule has 1 amide bonds. The van der Waals surface area contributed by atoms with Crippen molar-refractivity contribution in [3.05, 3.63) is 33.1 Å². The largest absolute Gasteiger partial charge is 0.481 e. The SMILES string of the molecule is O=C(O)CCCCCCNC(=O)c1sc2cc(Cl)ccc2c1Cl. The van der Waals surface area contributed by atoms with Gasteiger partial charge in [-0.05, 0) is 25.0 Å². The van der Waals surface area contributed by atoms with Crippen LogP contribution in [0.4, 0.5) is 0 Å². The molecule has 2 aromatic rings. The van der Waals surface area contributed by atoms with Gasteiger partial charge in [0.25, 0.3) is 5.91 Å². The fourth-order valence-electron chi connectivity index (χ4n) is 2.22. The Labute approximate surface area is 148 Å². The van der Waals surface area contributed by atoms with Gasteiger partial charge in [-0.25, -0.2) is 0 Å². The summed E-state index contributed by atoms with van der Waals surface area (Å²) in [5.74, 6) is -0.948. The second-order valence-corrected chi connectivity index (χ2v) is 7.07. The summed E-state index contributed by atoms with van der Waals surface area (Å²) in [6.07, 6.45) is 3.44. The van der Waals surface area contributed by atoms with Crippen LogP contribution in [-0.4, -0.2) is 23.5 Å². The van der Waals surface area contributed by atoms with Crippen molar-refractivity contribution in [2.75, 3.05) is 6.54 Å². The van der Waals surface area contributed by atoms with Gasteiger partial charge >= 0.3 is 5.97 Å². The van der Waals surface area contributed by atoms with E-state index >= 15 is 0 Å². The zero-order valence-corrected chi connectivity index (χ0v) is 14.7. The number of thiophene rings is 1. The zero-order valence-electron chi connectivity index (χ0n) is 12.4. The summed E-state index contributed by atoms with van der Waals surface area (Å²) < 4.78 is 0.890. The standard InChI is InChI=1S/C16H17Cl2NO3S/c17-10-6-7-11-12(9-10)23-15(14(11)18)16(22)19-8-4-2-1-3-5-13(20)21/h6-7,9H,1-5,8H2,(H,19,22)(H,20,21). The molecule has 0 saturated carbocycles. The minimum absolute atomic E-state index is 0.183. The van der Waals surface area contributed by atoms with Crippen molar-refractivity contribution in [3.8, 4) is 0 Å². The summed E-state index contributed by atoms with van der Waals surface area (Å²) in [6, 6.07) is 5.36. The van der Waals surface area contributed by atoms with Crippen molar-refractivity contribution >= 4 is 56.5 Å². The van der Waals surface area contributed by atoms with E-state index in [1.165, 1.54) is 11.3 Å². The summed E-state index contributed by atoms with van der Waals surface area (Å²) in [5, 5.41) is 13.3. The fraction of sp³-hybridized carbons (Fsp3) is 0.375. The van der Waals surface area contributed by atoms with E-state index in [2.05, 4.69) is 5.32 Å². The second-order valence-electron chi connectivity index (χ2n) is 5.20. The van der Waals surface area contributed by atoms with Crippen molar-refractivity contribution in [3.63, 3.8) is 0 Å². The van der Waals surface area contributed by atoms with E-state index in [4.69, 9.17) is 28.3 Å². The molecule has 0 saturated heterocycles. The van der Waals surface area contributed by atoms with Crippen molar-refractivity contribution in [2.24, 2.45) is 0 Å². The Morgan fingerprint density at radius 1 is 1.13 bits per heavy atom. The van der Waals surface area contributed by atoms with Gasteiger partial charge in [0.1, 0.15) is 4.88 Å². The Kier molecular flexibility index (Phi) is 6.69. The van der Waals surface area contributed by atoms with Gasteiger partial charge in [0.05, 0.1) is 5.02 Å². The summed E-state index contributed by atoms with van der Waals surface area (Å²) in [5.41, 5.74) is 0. The summed E-state index contributed by atoms with van der Waals surface area (Å²) in [7, 11) is 0. The van der Waals surface area contributed by atoms with Crippen molar-refractivity contribution in [1.29, 1.82) is 0 Å². The van der Waals surface area contributed by atoms with Crippen LogP contribution in [0.15, 0.2) is 18.2 Å². The monoisotopic (exact) mass is 373 g/mol. The molecule has 0 aliphatic carbocycles. The molecule has 0 spiro atoms. The molecule has 1 aromatic carbocycles. The number of amides is 1. The number of carbonyl (C=O) groups is 2. The molecule has 1 heterocycles. The summed E-state index contributed by atoms with van der Waals surface area (Å²) in [4.78, 5) is 23.1. The highest BCUT2D eigenvalue weighted by Gasteiger charge is 2.16. The Balaban J connectivity index is 1.82. The van der Waals surface area contributed by atoms with Crippen LogP contribution in [-0.2, 0) is 4.79 Å². The molecule has 4 nitrogen and oxygen atoms in total.